The van der Waals surface area contributed by atoms with Crippen LogP contribution >= 0.6 is 0 Å². The zero-order chi connectivity index (χ0) is 17.9. The summed E-state index contributed by atoms with van der Waals surface area (Å²) in [5, 5.41) is 19.4. The van der Waals surface area contributed by atoms with Crippen LogP contribution in [0.3, 0.4) is 0 Å². The van der Waals surface area contributed by atoms with Crippen LogP contribution in [-0.4, -0.2) is 22.4 Å². The summed E-state index contributed by atoms with van der Waals surface area (Å²) in [5.41, 5.74) is 0. The second-order valence-electron chi connectivity index (χ2n) is 5.61. The van der Waals surface area contributed by atoms with E-state index in [1.165, 1.54) is 0 Å². The summed E-state index contributed by atoms with van der Waals surface area (Å²) in [7, 11) is 0. The second-order valence-corrected chi connectivity index (χ2v) is 5.61. The van der Waals surface area contributed by atoms with Crippen LogP contribution in [0.4, 0.5) is 0 Å². The molecule has 0 saturated carbocycles. The quantitative estimate of drug-likeness (QED) is 0.349. The van der Waals surface area contributed by atoms with E-state index in [2.05, 4.69) is 26.0 Å². The fourth-order valence-corrected chi connectivity index (χ4v) is 1.86. The number of aliphatic hydroxyl groups excluding tert-OH is 2. The van der Waals surface area contributed by atoms with Crippen molar-refractivity contribution >= 4 is 0 Å². The van der Waals surface area contributed by atoms with Gasteiger partial charge in [0, 0.05) is 0 Å². The van der Waals surface area contributed by atoms with Gasteiger partial charge < -0.3 is 10.2 Å². The van der Waals surface area contributed by atoms with E-state index < -0.39 is 12.2 Å². The van der Waals surface area contributed by atoms with Crippen molar-refractivity contribution in [3.63, 3.8) is 0 Å². The SMILES string of the molecule is CC/C=C\C[C@@H](O)/C=C/C=C\C/C=C\C=C\[C@H](O)C/C=C\CCC. The Kier molecular flexibility index (Phi) is 16.5. The van der Waals surface area contributed by atoms with Crippen molar-refractivity contribution < 1.29 is 10.2 Å². The first-order valence-corrected chi connectivity index (χ1v) is 9.03. The zero-order valence-corrected chi connectivity index (χ0v) is 15.2. The molecule has 0 amide bonds. The van der Waals surface area contributed by atoms with E-state index in [1.807, 2.05) is 48.6 Å². The molecule has 2 atom stereocenters. The Bertz CT molecular complexity index is 439. The van der Waals surface area contributed by atoms with E-state index >= 15 is 0 Å². The molecule has 2 nitrogen and oxygen atoms in total. The van der Waals surface area contributed by atoms with Gasteiger partial charge in [-0.15, -0.1) is 0 Å². The molecule has 0 heterocycles. The Hall–Kier alpha value is -1.64. The molecule has 0 aromatic rings. The van der Waals surface area contributed by atoms with Crippen LogP contribution in [0.5, 0.6) is 0 Å². The Morgan fingerprint density at radius 3 is 1.71 bits per heavy atom. The van der Waals surface area contributed by atoms with Gasteiger partial charge in [-0.05, 0) is 32.1 Å². The van der Waals surface area contributed by atoms with Crippen LogP contribution in [-0.2, 0) is 0 Å². The third kappa shape index (κ3) is 16.7. The third-order valence-electron chi connectivity index (χ3n) is 3.21. The Morgan fingerprint density at radius 2 is 1.21 bits per heavy atom. The molecule has 0 radical (unpaired) electrons. The van der Waals surface area contributed by atoms with Crippen LogP contribution in [0.1, 0.15) is 52.4 Å². The van der Waals surface area contributed by atoms with Crippen LogP contribution in [0.15, 0.2) is 72.9 Å². The molecule has 0 aliphatic carbocycles. The van der Waals surface area contributed by atoms with Gasteiger partial charge in [0.05, 0.1) is 12.2 Å². The molecule has 0 rings (SSSR count). The first-order valence-electron chi connectivity index (χ1n) is 9.03. The third-order valence-corrected chi connectivity index (χ3v) is 3.21. The van der Waals surface area contributed by atoms with Gasteiger partial charge in [0.1, 0.15) is 0 Å². The number of unbranched alkanes of at least 4 members (excludes halogenated alkanes) is 1. The normalized spacial score (nSPS) is 16.0. The molecule has 134 valence electrons. The maximum Gasteiger partial charge on any atom is 0.0758 e. The van der Waals surface area contributed by atoms with Gasteiger partial charge in [-0.1, -0.05) is 93.2 Å². The largest absolute Gasteiger partial charge is 0.389 e. The highest BCUT2D eigenvalue weighted by Crippen LogP contribution is 1.99. The maximum absolute atomic E-state index is 9.73. The van der Waals surface area contributed by atoms with Crippen molar-refractivity contribution in [3.05, 3.63) is 72.9 Å². The van der Waals surface area contributed by atoms with E-state index in [9.17, 15) is 10.2 Å². The summed E-state index contributed by atoms with van der Waals surface area (Å²) in [6.07, 6.45) is 28.1. The highest BCUT2D eigenvalue weighted by atomic mass is 16.3. The molecule has 0 saturated heterocycles. The van der Waals surface area contributed by atoms with Gasteiger partial charge in [-0.2, -0.15) is 0 Å². The van der Waals surface area contributed by atoms with Crippen molar-refractivity contribution in [3.8, 4) is 0 Å². The molecule has 0 aliphatic rings. The molecule has 0 aromatic heterocycles. The van der Waals surface area contributed by atoms with Crippen LogP contribution < -0.4 is 0 Å². The molecule has 0 aliphatic heterocycles. The van der Waals surface area contributed by atoms with E-state index in [4.69, 9.17) is 0 Å². The lowest BCUT2D eigenvalue weighted by molar-refractivity contribution is 0.226. The zero-order valence-electron chi connectivity index (χ0n) is 15.2. The first kappa shape index (κ1) is 22.4. The number of rotatable bonds is 13. The minimum atomic E-state index is -0.413. The van der Waals surface area contributed by atoms with Crippen molar-refractivity contribution in [1.29, 1.82) is 0 Å². The predicted molar refractivity (Wildman–Crippen MR) is 106 cm³/mol. The Labute approximate surface area is 148 Å². The predicted octanol–water partition coefficient (Wildman–Crippen LogP) is 5.43. The number of aliphatic hydroxyl groups is 2. The number of hydrogen-bond acceptors (Lipinski definition) is 2. The van der Waals surface area contributed by atoms with Crippen molar-refractivity contribution in [1.82, 2.24) is 0 Å². The number of hydrogen-bond donors (Lipinski definition) is 2. The first-order chi connectivity index (χ1) is 11.7. The lowest BCUT2D eigenvalue weighted by Crippen LogP contribution is -1.98. The molecule has 0 unspecified atom stereocenters. The van der Waals surface area contributed by atoms with Crippen molar-refractivity contribution in [2.24, 2.45) is 0 Å². The van der Waals surface area contributed by atoms with Gasteiger partial charge in [0.15, 0.2) is 0 Å². The Morgan fingerprint density at radius 1 is 0.667 bits per heavy atom. The second kappa shape index (κ2) is 17.7. The van der Waals surface area contributed by atoms with Gasteiger partial charge in [-0.25, -0.2) is 0 Å². The van der Waals surface area contributed by atoms with Crippen molar-refractivity contribution in [2.75, 3.05) is 0 Å². The van der Waals surface area contributed by atoms with Gasteiger partial charge in [0.25, 0.3) is 0 Å². The monoisotopic (exact) mass is 330 g/mol. The maximum atomic E-state index is 9.73. The smallest absolute Gasteiger partial charge is 0.0758 e. The summed E-state index contributed by atoms with van der Waals surface area (Å²) in [6.45, 7) is 4.22. The fraction of sp³-hybridized carbons (Fsp3) is 0.455. The van der Waals surface area contributed by atoms with Crippen LogP contribution in [0.2, 0.25) is 0 Å². The lowest BCUT2D eigenvalue weighted by Gasteiger charge is -1.98. The summed E-state index contributed by atoms with van der Waals surface area (Å²) in [6, 6.07) is 0. The average Bonchev–Trinajstić information content (AvgIpc) is 2.57. The van der Waals surface area contributed by atoms with E-state index in [0.29, 0.717) is 12.8 Å². The summed E-state index contributed by atoms with van der Waals surface area (Å²) >= 11 is 0. The minimum absolute atomic E-state index is 0.413. The highest BCUT2D eigenvalue weighted by Gasteiger charge is 1.93. The van der Waals surface area contributed by atoms with Gasteiger partial charge >= 0.3 is 0 Å². The molecule has 0 spiro atoms. The minimum Gasteiger partial charge on any atom is -0.389 e. The standard InChI is InChI=1S/C22H34O2/c1-3-5-7-14-18-22(24)20-16-12-10-8-9-11-15-19-21(23)17-13-6-4-2/h6-7,9-16,19-24H,3-5,8,17-18H2,1-2H3/b11-9-,12-10-,13-6-,14-7-,19-15+,20-16+/t21-,22-/m1/s1. The average molecular weight is 331 g/mol. The van der Waals surface area contributed by atoms with Crippen LogP contribution in [0.25, 0.3) is 0 Å². The fourth-order valence-electron chi connectivity index (χ4n) is 1.86. The Balaban J connectivity index is 3.83. The number of allylic oxidation sites excluding steroid dienone is 8. The molecule has 24 heavy (non-hydrogen) atoms. The molecule has 2 heteroatoms. The van der Waals surface area contributed by atoms with Gasteiger partial charge in [0.2, 0.25) is 0 Å². The van der Waals surface area contributed by atoms with Gasteiger partial charge in [-0.3, -0.25) is 0 Å². The summed E-state index contributed by atoms with van der Waals surface area (Å²) in [5.74, 6) is 0. The van der Waals surface area contributed by atoms with E-state index in [0.717, 1.165) is 25.7 Å². The molecule has 0 aromatic carbocycles. The molecular weight excluding hydrogens is 296 g/mol. The highest BCUT2D eigenvalue weighted by molar-refractivity contribution is 5.10. The van der Waals surface area contributed by atoms with Crippen LogP contribution in [0, 0.1) is 0 Å². The topological polar surface area (TPSA) is 40.5 Å². The lowest BCUT2D eigenvalue weighted by atomic mass is 10.2. The van der Waals surface area contributed by atoms with E-state index in [-0.39, 0.29) is 0 Å². The van der Waals surface area contributed by atoms with E-state index in [1.54, 1.807) is 12.2 Å². The molecule has 2 N–H and O–H groups in total. The molecule has 0 fully saturated rings. The van der Waals surface area contributed by atoms with Crippen molar-refractivity contribution in [2.45, 2.75) is 64.6 Å². The summed E-state index contributed by atoms with van der Waals surface area (Å²) < 4.78 is 0. The molecule has 0 bridgehead atoms. The molecular formula is C22H34O2. The summed E-state index contributed by atoms with van der Waals surface area (Å²) in [4.78, 5) is 0.